The molecule has 1 aromatic rings. The molecule has 0 saturated heterocycles. The molecule has 0 aromatic carbocycles. The van der Waals surface area contributed by atoms with Crippen molar-refractivity contribution < 1.29 is 14.3 Å². The van der Waals surface area contributed by atoms with Gasteiger partial charge in [0.15, 0.2) is 0 Å². The summed E-state index contributed by atoms with van der Waals surface area (Å²) >= 11 is 0. The lowest BCUT2D eigenvalue weighted by atomic mass is 10.1. The van der Waals surface area contributed by atoms with E-state index in [1.165, 1.54) is 7.05 Å². The summed E-state index contributed by atoms with van der Waals surface area (Å²) in [5, 5.41) is 5.15. The highest BCUT2D eigenvalue weighted by Crippen LogP contribution is 2.25. The number of carbonyl (C=O) groups excluding carboxylic acids is 2. The number of nitrogens with zero attached hydrogens (tertiary/aromatic N) is 2. The number of amides is 2. The van der Waals surface area contributed by atoms with E-state index in [0.717, 1.165) is 5.56 Å². The van der Waals surface area contributed by atoms with E-state index in [0.29, 0.717) is 23.6 Å². The lowest BCUT2D eigenvalue weighted by molar-refractivity contribution is 0.0965. The zero-order valence-electron chi connectivity index (χ0n) is 12.7. The first-order chi connectivity index (χ1) is 9.93. The second kappa shape index (κ2) is 5.99. The molecule has 1 aliphatic heterocycles. The minimum absolute atomic E-state index is 0.0384. The summed E-state index contributed by atoms with van der Waals surface area (Å²) in [4.78, 5) is 29.6. The smallest absolute Gasteiger partial charge is 0.407 e. The fraction of sp³-hybridized carbons (Fsp3) is 0.500. The summed E-state index contributed by atoms with van der Waals surface area (Å²) in [7, 11) is 3.41. The highest BCUT2D eigenvalue weighted by molar-refractivity contribution is 5.99. The third-order valence-electron chi connectivity index (χ3n) is 3.55. The van der Waals surface area contributed by atoms with Crippen LogP contribution in [0.3, 0.4) is 0 Å². The van der Waals surface area contributed by atoms with Gasteiger partial charge in [0, 0.05) is 37.8 Å². The van der Waals surface area contributed by atoms with Crippen LogP contribution in [-0.4, -0.2) is 37.1 Å². The number of fused-ring (bicyclic) bond motifs is 1. The number of carbonyl (C=O) groups is 2. The van der Waals surface area contributed by atoms with Gasteiger partial charge in [-0.3, -0.25) is 4.79 Å². The molecule has 0 aliphatic carbocycles. The first-order valence-corrected chi connectivity index (χ1v) is 6.82. The van der Waals surface area contributed by atoms with Gasteiger partial charge in [0.1, 0.15) is 12.4 Å². The molecule has 0 atom stereocenters. The minimum atomic E-state index is -0.523. The van der Waals surface area contributed by atoms with Crippen LogP contribution < -0.4 is 15.5 Å². The summed E-state index contributed by atoms with van der Waals surface area (Å²) in [5.41, 5.74) is 2.00. The van der Waals surface area contributed by atoms with Gasteiger partial charge in [-0.2, -0.15) is 0 Å². The molecule has 1 aliphatic rings. The first-order valence-electron chi connectivity index (χ1n) is 6.82. The average Bonchev–Trinajstić information content (AvgIpc) is 2.85. The van der Waals surface area contributed by atoms with Crippen LogP contribution in [0.4, 0.5) is 10.6 Å². The van der Waals surface area contributed by atoms with Gasteiger partial charge in [-0.15, -0.1) is 0 Å². The first kappa shape index (κ1) is 15.1. The summed E-state index contributed by atoms with van der Waals surface area (Å²) in [6, 6.07) is 2.02. The fourth-order valence-electron chi connectivity index (χ4n) is 2.04. The standard InChI is InChI=1S/C14H20N4O3/c1-8(2)18(4)12-5-9-10(6-16-13(9)19)11(17-12)7-21-14(20)15-3/h5,8H,6-7H2,1-4H3,(H,15,20)(H,16,19). The summed E-state index contributed by atoms with van der Waals surface area (Å²) in [6.45, 7) is 4.53. The van der Waals surface area contributed by atoms with Gasteiger partial charge < -0.3 is 20.3 Å². The minimum Gasteiger partial charge on any atom is -0.443 e. The van der Waals surface area contributed by atoms with Crippen molar-refractivity contribution in [2.24, 2.45) is 0 Å². The molecule has 0 fully saturated rings. The second-order valence-corrected chi connectivity index (χ2v) is 5.17. The lowest BCUT2D eigenvalue weighted by Gasteiger charge is -2.24. The van der Waals surface area contributed by atoms with Crippen molar-refractivity contribution in [1.82, 2.24) is 15.6 Å². The van der Waals surface area contributed by atoms with E-state index in [1.54, 1.807) is 6.07 Å². The molecule has 21 heavy (non-hydrogen) atoms. The van der Waals surface area contributed by atoms with Crippen molar-refractivity contribution >= 4 is 17.8 Å². The number of hydrogen-bond acceptors (Lipinski definition) is 5. The van der Waals surface area contributed by atoms with Crippen LogP contribution >= 0.6 is 0 Å². The predicted molar refractivity (Wildman–Crippen MR) is 78.2 cm³/mol. The van der Waals surface area contributed by atoms with E-state index >= 15 is 0 Å². The number of hydrogen-bond donors (Lipinski definition) is 2. The number of rotatable bonds is 4. The molecule has 0 saturated carbocycles. The number of anilines is 1. The topological polar surface area (TPSA) is 83.6 Å². The Morgan fingerprint density at radius 1 is 1.57 bits per heavy atom. The van der Waals surface area contributed by atoms with Crippen molar-refractivity contribution in [3.63, 3.8) is 0 Å². The SMILES string of the molecule is CNC(=O)OCc1nc(N(C)C(C)C)cc2c1CNC2=O. The van der Waals surface area contributed by atoms with Crippen LogP contribution in [0.1, 0.15) is 35.5 Å². The normalized spacial score (nSPS) is 12.9. The maximum absolute atomic E-state index is 11.9. The van der Waals surface area contributed by atoms with E-state index in [1.807, 2.05) is 25.8 Å². The zero-order valence-corrected chi connectivity index (χ0v) is 12.7. The lowest BCUT2D eigenvalue weighted by Crippen LogP contribution is -2.27. The number of aromatic nitrogens is 1. The Labute approximate surface area is 123 Å². The molecule has 2 heterocycles. The quantitative estimate of drug-likeness (QED) is 0.866. The van der Waals surface area contributed by atoms with Crippen molar-refractivity contribution in [3.8, 4) is 0 Å². The van der Waals surface area contributed by atoms with E-state index in [9.17, 15) is 9.59 Å². The summed E-state index contributed by atoms with van der Waals surface area (Å²) in [5.74, 6) is 0.573. The molecule has 0 radical (unpaired) electrons. The van der Waals surface area contributed by atoms with Crippen molar-refractivity contribution in [2.45, 2.75) is 33.0 Å². The van der Waals surface area contributed by atoms with Crippen LogP contribution in [-0.2, 0) is 17.9 Å². The molecule has 0 unspecified atom stereocenters. The Balaban J connectivity index is 2.36. The van der Waals surface area contributed by atoms with Gasteiger partial charge in [0.25, 0.3) is 5.91 Å². The van der Waals surface area contributed by atoms with Crippen LogP contribution in [0, 0.1) is 0 Å². The van der Waals surface area contributed by atoms with E-state index in [4.69, 9.17) is 4.74 Å². The molecule has 0 spiro atoms. The average molecular weight is 292 g/mol. The van der Waals surface area contributed by atoms with E-state index in [2.05, 4.69) is 15.6 Å². The van der Waals surface area contributed by atoms with Crippen LogP contribution in [0.5, 0.6) is 0 Å². The Bertz CT molecular complexity index is 572. The number of pyridine rings is 1. The zero-order chi connectivity index (χ0) is 15.6. The maximum atomic E-state index is 11.9. The second-order valence-electron chi connectivity index (χ2n) is 5.17. The monoisotopic (exact) mass is 292 g/mol. The van der Waals surface area contributed by atoms with Crippen molar-refractivity contribution in [3.05, 3.63) is 22.9 Å². The van der Waals surface area contributed by atoms with Gasteiger partial charge in [0.05, 0.1) is 5.69 Å². The largest absolute Gasteiger partial charge is 0.443 e. The van der Waals surface area contributed by atoms with Gasteiger partial charge in [-0.05, 0) is 19.9 Å². The van der Waals surface area contributed by atoms with Crippen LogP contribution in [0.2, 0.25) is 0 Å². The molecular weight excluding hydrogens is 272 g/mol. The van der Waals surface area contributed by atoms with Gasteiger partial charge in [0.2, 0.25) is 0 Å². The van der Waals surface area contributed by atoms with Crippen LogP contribution in [0.25, 0.3) is 0 Å². The highest BCUT2D eigenvalue weighted by atomic mass is 16.5. The van der Waals surface area contributed by atoms with E-state index < -0.39 is 6.09 Å². The molecular formula is C14H20N4O3. The fourth-order valence-corrected chi connectivity index (χ4v) is 2.04. The van der Waals surface area contributed by atoms with Crippen molar-refractivity contribution in [2.75, 3.05) is 19.0 Å². The molecule has 2 amide bonds. The third-order valence-corrected chi connectivity index (χ3v) is 3.55. The Hall–Kier alpha value is -2.31. The molecule has 2 rings (SSSR count). The van der Waals surface area contributed by atoms with Gasteiger partial charge in [-0.25, -0.2) is 9.78 Å². The number of nitrogens with one attached hydrogen (secondary N) is 2. The number of ether oxygens (including phenoxy) is 1. The molecule has 0 bridgehead atoms. The molecule has 7 nitrogen and oxygen atoms in total. The number of alkyl carbamates (subject to hydrolysis) is 1. The molecule has 114 valence electrons. The van der Waals surface area contributed by atoms with Gasteiger partial charge >= 0.3 is 6.09 Å². The highest BCUT2D eigenvalue weighted by Gasteiger charge is 2.25. The molecule has 1 aromatic heterocycles. The Kier molecular flexibility index (Phi) is 4.30. The summed E-state index contributed by atoms with van der Waals surface area (Å²) in [6.07, 6.45) is -0.523. The Morgan fingerprint density at radius 2 is 2.29 bits per heavy atom. The molecule has 7 heteroatoms. The van der Waals surface area contributed by atoms with Crippen molar-refractivity contribution in [1.29, 1.82) is 0 Å². The molecule has 2 N–H and O–H groups in total. The van der Waals surface area contributed by atoms with E-state index in [-0.39, 0.29) is 18.6 Å². The maximum Gasteiger partial charge on any atom is 0.407 e. The van der Waals surface area contributed by atoms with Crippen LogP contribution in [0.15, 0.2) is 6.07 Å². The summed E-state index contributed by atoms with van der Waals surface area (Å²) < 4.78 is 5.06. The Morgan fingerprint density at radius 3 is 2.90 bits per heavy atom. The predicted octanol–water partition coefficient (Wildman–Crippen LogP) is 1.03. The van der Waals surface area contributed by atoms with Gasteiger partial charge in [-0.1, -0.05) is 0 Å². The third kappa shape index (κ3) is 3.07.